The van der Waals surface area contributed by atoms with Crippen LogP contribution < -0.4 is 14.2 Å². The van der Waals surface area contributed by atoms with Crippen molar-refractivity contribution in [2.75, 3.05) is 20.8 Å². The minimum absolute atomic E-state index is 0.140. The molecule has 0 amide bonds. The topological polar surface area (TPSA) is 66.9 Å². The Kier molecular flexibility index (Phi) is 7.47. The maximum atomic E-state index is 11.9. The van der Waals surface area contributed by atoms with Crippen LogP contribution in [0.4, 0.5) is 0 Å². The normalized spacial score (nSPS) is 10.4. The highest BCUT2D eigenvalue weighted by atomic mass is 32.1. The van der Waals surface area contributed by atoms with Crippen LogP contribution >= 0.6 is 11.3 Å². The van der Waals surface area contributed by atoms with E-state index in [-0.39, 0.29) is 12.6 Å². The molecule has 0 saturated carbocycles. The first kappa shape index (κ1) is 20.7. The van der Waals surface area contributed by atoms with Crippen molar-refractivity contribution in [2.24, 2.45) is 0 Å². The molecule has 7 heteroatoms. The molecule has 0 spiro atoms. The number of hydrogen-bond acceptors (Lipinski definition) is 7. The first-order valence-electron chi connectivity index (χ1n) is 9.20. The van der Waals surface area contributed by atoms with E-state index in [2.05, 4.69) is 4.98 Å². The molecule has 3 rings (SSSR count). The molecule has 0 aliphatic heterocycles. The van der Waals surface area contributed by atoms with Crippen LogP contribution in [-0.4, -0.2) is 31.8 Å². The van der Waals surface area contributed by atoms with Gasteiger partial charge in [0.05, 0.1) is 32.1 Å². The van der Waals surface area contributed by atoms with Crippen LogP contribution in [0.1, 0.15) is 18.5 Å². The largest absolute Gasteiger partial charge is 0.494 e. The number of aromatic nitrogens is 1. The van der Waals surface area contributed by atoms with E-state index in [0.29, 0.717) is 36.6 Å². The summed E-state index contributed by atoms with van der Waals surface area (Å²) in [6.45, 7) is 0.608. The fraction of sp³-hybridized carbons (Fsp3) is 0.273. The summed E-state index contributed by atoms with van der Waals surface area (Å²) in [6.07, 6.45) is 0.893. The zero-order chi connectivity index (χ0) is 20.5. The van der Waals surface area contributed by atoms with E-state index < -0.39 is 0 Å². The van der Waals surface area contributed by atoms with Gasteiger partial charge >= 0.3 is 5.97 Å². The van der Waals surface area contributed by atoms with Crippen molar-refractivity contribution in [1.82, 2.24) is 4.98 Å². The lowest BCUT2D eigenvalue weighted by Crippen LogP contribution is -2.07. The number of hydrogen-bond donors (Lipinski definition) is 0. The minimum atomic E-state index is -0.268. The van der Waals surface area contributed by atoms with Gasteiger partial charge in [0.15, 0.2) is 11.5 Å². The summed E-state index contributed by atoms with van der Waals surface area (Å²) in [6, 6.07) is 15.2. The van der Waals surface area contributed by atoms with E-state index in [1.807, 2.05) is 53.9 Å². The molecule has 0 saturated heterocycles. The Bertz CT molecular complexity index is 926. The quantitative estimate of drug-likeness (QED) is 0.354. The molecule has 1 heterocycles. The maximum Gasteiger partial charge on any atom is 0.306 e. The maximum absolute atomic E-state index is 11.9. The van der Waals surface area contributed by atoms with E-state index in [1.165, 1.54) is 11.3 Å². The Hall–Kier alpha value is -3.06. The predicted molar refractivity (Wildman–Crippen MR) is 112 cm³/mol. The summed E-state index contributed by atoms with van der Waals surface area (Å²) in [5.74, 6) is 1.80. The van der Waals surface area contributed by atoms with Crippen molar-refractivity contribution in [3.63, 3.8) is 0 Å². The number of carbonyl (C=O) groups excluding carboxylic acids is 1. The lowest BCUT2D eigenvalue weighted by atomic mass is 10.2. The van der Waals surface area contributed by atoms with Crippen LogP contribution in [0.25, 0.3) is 10.6 Å². The number of rotatable bonds is 10. The summed E-state index contributed by atoms with van der Waals surface area (Å²) in [5.41, 5.74) is 1.54. The number of benzene rings is 2. The van der Waals surface area contributed by atoms with Crippen LogP contribution in [0.15, 0.2) is 53.9 Å². The molecule has 1 aromatic heterocycles. The molecule has 0 N–H and O–H groups in total. The van der Waals surface area contributed by atoms with Gasteiger partial charge in [-0.25, -0.2) is 4.98 Å². The van der Waals surface area contributed by atoms with Gasteiger partial charge in [-0.3, -0.25) is 4.79 Å². The molecule has 0 bridgehead atoms. The Morgan fingerprint density at radius 1 is 1.03 bits per heavy atom. The highest BCUT2D eigenvalue weighted by Crippen LogP contribution is 2.39. The van der Waals surface area contributed by atoms with Crippen molar-refractivity contribution >= 4 is 17.3 Å². The van der Waals surface area contributed by atoms with Gasteiger partial charge in [0.1, 0.15) is 17.4 Å². The molecule has 0 aliphatic rings. The Labute approximate surface area is 174 Å². The second kappa shape index (κ2) is 10.5. The third-order valence-electron chi connectivity index (χ3n) is 4.10. The fourth-order valence-electron chi connectivity index (χ4n) is 2.70. The van der Waals surface area contributed by atoms with Gasteiger partial charge in [-0.15, -0.1) is 11.3 Å². The summed E-state index contributed by atoms with van der Waals surface area (Å²) in [4.78, 5) is 16.5. The Morgan fingerprint density at radius 2 is 1.86 bits per heavy atom. The van der Waals surface area contributed by atoms with Crippen molar-refractivity contribution in [2.45, 2.75) is 19.4 Å². The molecular formula is C22H23NO5S. The molecule has 3 aromatic rings. The average molecular weight is 413 g/mol. The van der Waals surface area contributed by atoms with Crippen LogP contribution in [0.3, 0.4) is 0 Å². The third-order valence-corrected chi connectivity index (χ3v) is 5.03. The molecular weight excluding hydrogens is 390 g/mol. The highest BCUT2D eigenvalue weighted by Gasteiger charge is 2.15. The summed E-state index contributed by atoms with van der Waals surface area (Å²) < 4.78 is 21.7. The van der Waals surface area contributed by atoms with E-state index in [4.69, 9.17) is 18.9 Å². The van der Waals surface area contributed by atoms with Crippen molar-refractivity contribution in [3.8, 4) is 27.8 Å². The Morgan fingerprint density at radius 3 is 2.62 bits per heavy atom. The summed E-state index contributed by atoms with van der Waals surface area (Å²) in [7, 11) is 3.19. The molecule has 29 heavy (non-hydrogen) atoms. The third kappa shape index (κ3) is 5.71. The number of ether oxygens (including phenoxy) is 4. The number of methoxy groups -OCH3 is 2. The molecule has 0 fully saturated rings. The molecule has 0 unspecified atom stereocenters. The number of esters is 1. The molecule has 0 atom stereocenters. The van der Waals surface area contributed by atoms with Crippen LogP contribution in [0.5, 0.6) is 17.2 Å². The standard InChI is InChI=1S/C22H23NO5S/c1-25-19-11-6-10-18(21(19)26-2)22-23-16(15-29-22)14-28-20(24)12-7-13-27-17-8-4-3-5-9-17/h3-6,8-11,15H,7,12-14H2,1-2H3. The molecule has 0 aliphatic carbocycles. The van der Waals surface area contributed by atoms with E-state index in [9.17, 15) is 4.79 Å². The predicted octanol–water partition coefficient (Wildman–Crippen LogP) is 4.73. The number of nitrogens with zero attached hydrogens (tertiary/aromatic N) is 1. The van der Waals surface area contributed by atoms with Crippen molar-refractivity contribution in [1.29, 1.82) is 0 Å². The van der Waals surface area contributed by atoms with E-state index in [1.54, 1.807) is 14.2 Å². The molecule has 6 nitrogen and oxygen atoms in total. The van der Waals surface area contributed by atoms with Gasteiger partial charge < -0.3 is 18.9 Å². The lowest BCUT2D eigenvalue weighted by molar-refractivity contribution is -0.145. The monoisotopic (exact) mass is 413 g/mol. The SMILES string of the molecule is COc1cccc(-c2nc(COC(=O)CCCOc3ccccc3)cs2)c1OC. The number of carbonyl (C=O) groups is 1. The first-order valence-corrected chi connectivity index (χ1v) is 10.1. The minimum Gasteiger partial charge on any atom is -0.494 e. The Balaban J connectivity index is 1.47. The fourth-order valence-corrected chi connectivity index (χ4v) is 3.53. The van der Waals surface area contributed by atoms with E-state index >= 15 is 0 Å². The lowest BCUT2D eigenvalue weighted by Gasteiger charge is -2.10. The van der Waals surface area contributed by atoms with Crippen LogP contribution in [0, 0.1) is 0 Å². The zero-order valence-electron chi connectivity index (χ0n) is 16.4. The molecule has 152 valence electrons. The van der Waals surface area contributed by atoms with Gasteiger partial charge in [0.25, 0.3) is 0 Å². The second-order valence-corrected chi connectivity index (χ2v) is 6.97. The van der Waals surface area contributed by atoms with Gasteiger partial charge in [0.2, 0.25) is 0 Å². The summed E-state index contributed by atoms with van der Waals surface area (Å²) >= 11 is 1.46. The molecule has 2 aromatic carbocycles. The molecule has 0 radical (unpaired) electrons. The van der Waals surface area contributed by atoms with Crippen LogP contribution in [0.2, 0.25) is 0 Å². The summed E-state index contributed by atoms with van der Waals surface area (Å²) in [5, 5.41) is 2.66. The van der Waals surface area contributed by atoms with Gasteiger partial charge in [-0.1, -0.05) is 24.3 Å². The zero-order valence-corrected chi connectivity index (χ0v) is 17.2. The smallest absolute Gasteiger partial charge is 0.306 e. The van der Waals surface area contributed by atoms with Crippen molar-refractivity contribution in [3.05, 3.63) is 59.6 Å². The van der Waals surface area contributed by atoms with Crippen LogP contribution in [-0.2, 0) is 16.1 Å². The van der Waals surface area contributed by atoms with Gasteiger partial charge in [-0.05, 0) is 30.7 Å². The average Bonchev–Trinajstić information content (AvgIpc) is 3.24. The highest BCUT2D eigenvalue weighted by molar-refractivity contribution is 7.13. The number of thiazole rings is 1. The van der Waals surface area contributed by atoms with Crippen molar-refractivity contribution < 1.29 is 23.7 Å². The van der Waals surface area contributed by atoms with Gasteiger partial charge in [0, 0.05) is 11.8 Å². The van der Waals surface area contributed by atoms with Gasteiger partial charge in [-0.2, -0.15) is 0 Å². The number of para-hydroxylation sites is 2. The second-order valence-electron chi connectivity index (χ2n) is 6.11. The van der Waals surface area contributed by atoms with E-state index in [0.717, 1.165) is 16.3 Å². The first-order chi connectivity index (χ1) is 14.2.